The van der Waals surface area contributed by atoms with Crippen LogP contribution in [0.2, 0.25) is 0 Å². The molecule has 1 aromatic carbocycles. The van der Waals surface area contributed by atoms with Crippen LogP contribution in [-0.4, -0.2) is 35.5 Å². The van der Waals surface area contributed by atoms with Gasteiger partial charge in [0.05, 0.1) is 0 Å². The first-order chi connectivity index (χ1) is 8.97. The van der Waals surface area contributed by atoms with Crippen molar-refractivity contribution in [3.8, 4) is 0 Å². The van der Waals surface area contributed by atoms with Gasteiger partial charge in [0.1, 0.15) is 0 Å². The highest BCUT2D eigenvalue weighted by molar-refractivity contribution is 5.94. The Balaban J connectivity index is 1.94. The van der Waals surface area contributed by atoms with Gasteiger partial charge >= 0.3 is 0 Å². The molecule has 1 aromatic rings. The van der Waals surface area contributed by atoms with Gasteiger partial charge in [-0.1, -0.05) is 18.2 Å². The van der Waals surface area contributed by atoms with Gasteiger partial charge in [-0.25, -0.2) is 0 Å². The van der Waals surface area contributed by atoms with E-state index in [1.165, 1.54) is 0 Å². The van der Waals surface area contributed by atoms with E-state index in [-0.39, 0.29) is 17.5 Å². The molecule has 1 amide bonds. The lowest BCUT2D eigenvalue weighted by Crippen LogP contribution is -2.53. The summed E-state index contributed by atoms with van der Waals surface area (Å²) in [5.41, 5.74) is 0.922. The zero-order chi connectivity index (χ0) is 13.9. The van der Waals surface area contributed by atoms with Crippen LogP contribution in [0.4, 0.5) is 0 Å². The Hall–Kier alpha value is -1.35. The van der Waals surface area contributed by atoms with E-state index in [0.29, 0.717) is 0 Å². The molecule has 19 heavy (non-hydrogen) atoms. The molecule has 0 bridgehead atoms. The van der Waals surface area contributed by atoms with Gasteiger partial charge in [0.15, 0.2) is 0 Å². The number of piperidine rings is 1. The maximum atomic E-state index is 12.1. The fourth-order valence-corrected chi connectivity index (χ4v) is 2.56. The number of rotatable bonds is 2. The molecule has 1 unspecified atom stereocenters. The third-order valence-corrected chi connectivity index (χ3v) is 3.74. The van der Waals surface area contributed by atoms with E-state index in [1.54, 1.807) is 0 Å². The average Bonchev–Trinajstić information content (AvgIpc) is 2.39. The second kappa shape index (κ2) is 5.74. The zero-order valence-corrected chi connectivity index (χ0v) is 12.1. The van der Waals surface area contributed by atoms with Crippen molar-refractivity contribution >= 4 is 5.91 Å². The Bertz CT molecular complexity index is 422. The molecule has 1 N–H and O–H groups in total. The summed E-state index contributed by atoms with van der Waals surface area (Å²) in [7, 11) is 0. The minimum Gasteiger partial charge on any atom is -0.348 e. The van der Waals surface area contributed by atoms with Gasteiger partial charge < -0.3 is 5.32 Å². The SMILES string of the molecule is CC(C)(C)N1CCCC(NC(=O)c2ccccc2)C1. The van der Waals surface area contributed by atoms with E-state index in [4.69, 9.17) is 0 Å². The van der Waals surface area contributed by atoms with Crippen LogP contribution in [0.1, 0.15) is 44.0 Å². The van der Waals surface area contributed by atoms with Crippen molar-refractivity contribution in [3.05, 3.63) is 35.9 Å². The van der Waals surface area contributed by atoms with Gasteiger partial charge in [0.2, 0.25) is 0 Å². The Morgan fingerprint density at radius 2 is 1.95 bits per heavy atom. The number of carbonyl (C=O) groups is 1. The van der Waals surface area contributed by atoms with E-state index in [2.05, 4.69) is 31.0 Å². The van der Waals surface area contributed by atoms with Crippen molar-refractivity contribution in [1.82, 2.24) is 10.2 Å². The molecule has 1 fully saturated rings. The van der Waals surface area contributed by atoms with E-state index in [9.17, 15) is 4.79 Å². The predicted molar refractivity (Wildman–Crippen MR) is 78.3 cm³/mol. The van der Waals surface area contributed by atoms with E-state index < -0.39 is 0 Å². The number of likely N-dealkylation sites (tertiary alicyclic amines) is 1. The van der Waals surface area contributed by atoms with Crippen LogP contribution in [0.5, 0.6) is 0 Å². The monoisotopic (exact) mass is 260 g/mol. The molecular formula is C16H24N2O. The first-order valence-corrected chi connectivity index (χ1v) is 7.08. The third kappa shape index (κ3) is 3.80. The van der Waals surface area contributed by atoms with Gasteiger partial charge in [-0.05, 0) is 52.3 Å². The molecule has 2 rings (SSSR count). The molecule has 1 saturated heterocycles. The number of hydrogen-bond donors (Lipinski definition) is 1. The maximum absolute atomic E-state index is 12.1. The van der Waals surface area contributed by atoms with Crippen LogP contribution in [-0.2, 0) is 0 Å². The second-order valence-corrected chi connectivity index (χ2v) is 6.30. The van der Waals surface area contributed by atoms with Crippen molar-refractivity contribution < 1.29 is 4.79 Å². The lowest BCUT2D eigenvalue weighted by Gasteiger charge is -2.41. The minimum absolute atomic E-state index is 0.0429. The first kappa shape index (κ1) is 14.1. The highest BCUT2D eigenvalue weighted by Gasteiger charge is 2.28. The fraction of sp³-hybridized carbons (Fsp3) is 0.562. The standard InChI is InChI=1S/C16H24N2O/c1-16(2,3)18-11-7-10-14(12-18)17-15(19)13-8-5-4-6-9-13/h4-6,8-9,14H,7,10-12H2,1-3H3,(H,17,19). The largest absolute Gasteiger partial charge is 0.348 e. The van der Waals surface area contributed by atoms with Crippen LogP contribution >= 0.6 is 0 Å². The normalized spacial score (nSPS) is 21.1. The maximum Gasteiger partial charge on any atom is 0.251 e. The second-order valence-electron chi connectivity index (χ2n) is 6.30. The van der Waals surface area contributed by atoms with Gasteiger partial charge in [-0.3, -0.25) is 9.69 Å². The Kier molecular flexibility index (Phi) is 4.25. The molecule has 1 heterocycles. The molecule has 1 aliphatic heterocycles. The molecule has 3 heteroatoms. The summed E-state index contributed by atoms with van der Waals surface area (Å²) in [6.45, 7) is 8.76. The Labute approximate surface area is 116 Å². The van der Waals surface area contributed by atoms with Crippen molar-refractivity contribution in [2.45, 2.75) is 45.2 Å². The van der Waals surface area contributed by atoms with Crippen LogP contribution in [0.3, 0.4) is 0 Å². The van der Waals surface area contributed by atoms with E-state index in [1.807, 2.05) is 30.3 Å². The zero-order valence-electron chi connectivity index (χ0n) is 12.1. The number of benzene rings is 1. The minimum atomic E-state index is 0.0429. The third-order valence-electron chi connectivity index (χ3n) is 3.74. The molecule has 0 spiro atoms. The molecule has 0 aliphatic carbocycles. The van der Waals surface area contributed by atoms with Crippen LogP contribution in [0.15, 0.2) is 30.3 Å². The highest BCUT2D eigenvalue weighted by Crippen LogP contribution is 2.20. The molecular weight excluding hydrogens is 236 g/mol. The summed E-state index contributed by atoms with van der Waals surface area (Å²) < 4.78 is 0. The molecule has 104 valence electrons. The van der Waals surface area contributed by atoms with Crippen LogP contribution < -0.4 is 5.32 Å². The summed E-state index contributed by atoms with van der Waals surface area (Å²) in [4.78, 5) is 14.6. The first-order valence-electron chi connectivity index (χ1n) is 7.08. The van der Waals surface area contributed by atoms with Gasteiger partial charge in [0.25, 0.3) is 5.91 Å². The molecule has 3 nitrogen and oxygen atoms in total. The van der Waals surface area contributed by atoms with Crippen molar-refractivity contribution in [2.75, 3.05) is 13.1 Å². The molecule has 1 aliphatic rings. The van der Waals surface area contributed by atoms with Gasteiger partial charge in [0, 0.05) is 23.7 Å². The Morgan fingerprint density at radius 1 is 1.26 bits per heavy atom. The highest BCUT2D eigenvalue weighted by atomic mass is 16.1. The molecule has 1 atom stereocenters. The number of carbonyl (C=O) groups excluding carboxylic acids is 1. The molecule has 0 aromatic heterocycles. The van der Waals surface area contributed by atoms with Gasteiger partial charge in [-0.15, -0.1) is 0 Å². The van der Waals surface area contributed by atoms with Gasteiger partial charge in [-0.2, -0.15) is 0 Å². The summed E-state index contributed by atoms with van der Waals surface area (Å²) in [5, 5.41) is 3.16. The number of nitrogens with one attached hydrogen (secondary N) is 1. The summed E-state index contributed by atoms with van der Waals surface area (Å²) >= 11 is 0. The van der Waals surface area contributed by atoms with Crippen LogP contribution in [0.25, 0.3) is 0 Å². The molecule has 0 radical (unpaired) electrons. The Morgan fingerprint density at radius 3 is 2.58 bits per heavy atom. The number of hydrogen-bond acceptors (Lipinski definition) is 2. The lowest BCUT2D eigenvalue weighted by molar-refractivity contribution is 0.0763. The van der Waals surface area contributed by atoms with Crippen molar-refractivity contribution in [1.29, 1.82) is 0 Å². The van der Waals surface area contributed by atoms with Crippen molar-refractivity contribution in [3.63, 3.8) is 0 Å². The number of nitrogens with zero attached hydrogens (tertiary/aromatic N) is 1. The number of amides is 1. The predicted octanol–water partition coefficient (Wildman–Crippen LogP) is 2.68. The fourth-order valence-electron chi connectivity index (χ4n) is 2.56. The van der Waals surface area contributed by atoms with E-state index >= 15 is 0 Å². The lowest BCUT2D eigenvalue weighted by atomic mass is 9.98. The summed E-state index contributed by atoms with van der Waals surface area (Å²) in [6, 6.07) is 9.72. The molecule has 0 saturated carbocycles. The van der Waals surface area contributed by atoms with Crippen LogP contribution in [0, 0.1) is 0 Å². The summed E-state index contributed by atoms with van der Waals surface area (Å²) in [5.74, 6) is 0.0429. The smallest absolute Gasteiger partial charge is 0.251 e. The van der Waals surface area contributed by atoms with E-state index in [0.717, 1.165) is 31.5 Å². The average molecular weight is 260 g/mol. The topological polar surface area (TPSA) is 32.3 Å². The van der Waals surface area contributed by atoms with Crippen molar-refractivity contribution in [2.24, 2.45) is 0 Å². The quantitative estimate of drug-likeness (QED) is 0.886. The summed E-state index contributed by atoms with van der Waals surface area (Å²) in [6.07, 6.45) is 2.22.